The Bertz CT molecular complexity index is 149. The third kappa shape index (κ3) is 7.59. The molecule has 0 radical (unpaired) electrons. The van der Waals surface area contributed by atoms with Crippen LogP contribution in [0.2, 0.25) is 0 Å². The van der Waals surface area contributed by atoms with Gasteiger partial charge in [-0.2, -0.15) is 0 Å². The first-order valence-electron chi connectivity index (χ1n) is 4.93. The highest BCUT2D eigenvalue weighted by Gasteiger charge is 1.87. The van der Waals surface area contributed by atoms with Crippen LogP contribution in [0.4, 0.5) is 0 Å². The van der Waals surface area contributed by atoms with Crippen LogP contribution < -0.4 is 0 Å². The third-order valence-electron chi connectivity index (χ3n) is 1.97. The summed E-state index contributed by atoms with van der Waals surface area (Å²) in [5.74, 6) is 0.795. The van der Waals surface area contributed by atoms with Crippen molar-refractivity contribution in [3.8, 4) is 0 Å². The van der Waals surface area contributed by atoms with Crippen LogP contribution in [0.3, 0.4) is 0 Å². The van der Waals surface area contributed by atoms with Crippen molar-refractivity contribution in [3.05, 3.63) is 23.8 Å². The van der Waals surface area contributed by atoms with E-state index in [9.17, 15) is 0 Å². The average molecular weight is 166 g/mol. The molecule has 0 nitrogen and oxygen atoms in total. The molecular formula is C12H22. The van der Waals surface area contributed by atoms with Crippen LogP contribution >= 0.6 is 0 Å². The Morgan fingerprint density at radius 1 is 1.25 bits per heavy atom. The fourth-order valence-electron chi connectivity index (χ4n) is 0.942. The minimum atomic E-state index is 0.795. The van der Waals surface area contributed by atoms with Gasteiger partial charge in [-0.25, -0.2) is 0 Å². The van der Waals surface area contributed by atoms with Gasteiger partial charge in [-0.1, -0.05) is 37.6 Å². The van der Waals surface area contributed by atoms with Gasteiger partial charge in [0.15, 0.2) is 0 Å². The molecule has 70 valence electrons. The lowest BCUT2D eigenvalue weighted by atomic mass is 10.1. The van der Waals surface area contributed by atoms with Crippen LogP contribution in [-0.4, -0.2) is 0 Å². The second-order valence-electron chi connectivity index (χ2n) is 3.77. The first kappa shape index (κ1) is 11.5. The monoisotopic (exact) mass is 166 g/mol. The summed E-state index contributed by atoms with van der Waals surface area (Å²) in [5, 5.41) is 0. The van der Waals surface area contributed by atoms with E-state index in [1.807, 2.05) is 0 Å². The van der Waals surface area contributed by atoms with Gasteiger partial charge in [0, 0.05) is 0 Å². The van der Waals surface area contributed by atoms with Crippen molar-refractivity contribution in [3.63, 3.8) is 0 Å². The molecule has 12 heavy (non-hydrogen) atoms. The lowest BCUT2D eigenvalue weighted by molar-refractivity contribution is 0.662. The summed E-state index contributed by atoms with van der Waals surface area (Å²) in [5.41, 5.74) is 1.49. The highest BCUT2D eigenvalue weighted by molar-refractivity contribution is 4.97. The van der Waals surface area contributed by atoms with E-state index < -0.39 is 0 Å². The fraction of sp³-hybridized carbons (Fsp3) is 0.667. The summed E-state index contributed by atoms with van der Waals surface area (Å²) in [4.78, 5) is 0. The number of hydrogen-bond donors (Lipinski definition) is 0. The molecule has 0 atom stereocenters. The van der Waals surface area contributed by atoms with E-state index in [0.29, 0.717) is 0 Å². The van der Waals surface area contributed by atoms with Gasteiger partial charge in [-0.05, 0) is 39.0 Å². The third-order valence-corrected chi connectivity index (χ3v) is 1.97. The van der Waals surface area contributed by atoms with Crippen LogP contribution in [0, 0.1) is 5.92 Å². The smallest absolute Gasteiger partial charge is 0.0288 e. The minimum absolute atomic E-state index is 0.795. The molecule has 0 aromatic carbocycles. The van der Waals surface area contributed by atoms with Crippen molar-refractivity contribution >= 4 is 0 Å². The maximum absolute atomic E-state index is 2.30. The molecule has 0 heteroatoms. The van der Waals surface area contributed by atoms with Gasteiger partial charge in [0.25, 0.3) is 0 Å². The molecule has 0 aliphatic heterocycles. The zero-order valence-corrected chi connectivity index (χ0v) is 8.93. The molecule has 0 N–H and O–H groups in total. The predicted molar refractivity (Wildman–Crippen MR) is 57.3 cm³/mol. The molecule has 0 aliphatic rings. The van der Waals surface area contributed by atoms with Gasteiger partial charge in [-0.3, -0.25) is 0 Å². The summed E-state index contributed by atoms with van der Waals surface area (Å²) in [6, 6.07) is 0. The zero-order valence-electron chi connectivity index (χ0n) is 8.93. The molecule has 0 saturated carbocycles. The van der Waals surface area contributed by atoms with E-state index in [4.69, 9.17) is 0 Å². The SMILES string of the molecule is CC=C(C)CCC=CCC(C)C. The van der Waals surface area contributed by atoms with Crippen molar-refractivity contribution in [1.29, 1.82) is 0 Å². The zero-order chi connectivity index (χ0) is 9.40. The van der Waals surface area contributed by atoms with Gasteiger partial charge in [0.05, 0.1) is 0 Å². The summed E-state index contributed by atoms with van der Waals surface area (Å²) >= 11 is 0. The molecular weight excluding hydrogens is 144 g/mol. The van der Waals surface area contributed by atoms with Gasteiger partial charge in [-0.15, -0.1) is 0 Å². The van der Waals surface area contributed by atoms with Crippen LogP contribution in [-0.2, 0) is 0 Å². The minimum Gasteiger partial charge on any atom is -0.0887 e. The Kier molecular flexibility index (Phi) is 6.84. The van der Waals surface area contributed by atoms with Crippen molar-refractivity contribution in [2.75, 3.05) is 0 Å². The van der Waals surface area contributed by atoms with E-state index in [1.54, 1.807) is 0 Å². The maximum Gasteiger partial charge on any atom is -0.0288 e. The van der Waals surface area contributed by atoms with Gasteiger partial charge in [0.2, 0.25) is 0 Å². The highest BCUT2D eigenvalue weighted by Crippen LogP contribution is 2.06. The van der Waals surface area contributed by atoms with E-state index in [2.05, 4.69) is 45.9 Å². The topological polar surface area (TPSA) is 0 Å². The molecule has 0 fully saturated rings. The molecule has 0 heterocycles. The molecule has 0 amide bonds. The first-order chi connectivity index (χ1) is 5.66. The molecule has 0 spiro atoms. The van der Waals surface area contributed by atoms with Crippen molar-refractivity contribution < 1.29 is 0 Å². The lowest BCUT2D eigenvalue weighted by Crippen LogP contribution is -1.81. The Morgan fingerprint density at radius 3 is 2.42 bits per heavy atom. The molecule has 0 bridgehead atoms. The summed E-state index contributed by atoms with van der Waals surface area (Å²) in [6.07, 6.45) is 10.4. The number of hydrogen-bond acceptors (Lipinski definition) is 0. The standard InChI is InChI=1S/C12H22/c1-5-12(4)10-8-6-7-9-11(2)3/h5-7,11H,8-10H2,1-4H3. The highest BCUT2D eigenvalue weighted by atomic mass is 13.9. The molecule has 0 aromatic heterocycles. The van der Waals surface area contributed by atoms with Crippen molar-refractivity contribution in [1.82, 2.24) is 0 Å². The lowest BCUT2D eigenvalue weighted by Gasteiger charge is -1.97. The average Bonchev–Trinajstić information content (AvgIpc) is 2.03. The molecule has 0 unspecified atom stereocenters. The number of allylic oxidation sites excluding steroid dienone is 4. The Hall–Kier alpha value is -0.520. The first-order valence-corrected chi connectivity index (χ1v) is 4.93. The van der Waals surface area contributed by atoms with Crippen LogP contribution in [0.25, 0.3) is 0 Å². The van der Waals surface area contributed by atoms with Crippen molar-refractivity contribution in [2.24, 2.45) is 5.92 Å². The normalized spacial score (nSPS) is 13.2. The summed E-state index contributed by atoms with van der Waals surface area (Å²) in [7, 11) is 0. The fourth-order valence-corrected chi connectivity index (χ4v) is 0.942. The van der Waals surface area contributed by atoms with Crippen molar-refractivity contribution in [2.45, 2.75) is 47.0 Å². The Balaban J connectivity index is 3.37. The second kappa shape index (κ2) is 7.15. The second-order valence-corrected chi connectivity index (χ2v) is 3.77. The molecule has 0 rings (SSSR count). The van der Waals surface area contributed by atoms with Gasteiger partial charge in [0.1, 0.15) is 0 Å². The maximum atomic E-state index is 2.30. The molecule has 0 aliphatic carbocycles. The van der Waals surface area contributed by atoms with E-state index in [-0.39, 0.29) is 0 Å². The molecule has 0 saturated heterocycles. The van der Waals surface area contributed by atoms with Gasteiger partial charge >= 0.3 is 0 Å². The largest absolute Gasteiger partial charge is 0.0887 e. The van der Waals surface area contributed by atoms with Gasteiger partial charge < -0.3 is 0 Å². The molecule has 0 aromatic rings. The Labute approximate surface area is 77.4 Å². The van der Waals surface area contributed by atoms with Crippen LogP contribution in [0.5, 0.6) is 0 Å². The number of rotatable bonds is 5. The van der Waals surface area contributed by atoms with E-state index in [0.717, 1.165) is 5.92 Å². The van der Waals surface area contributed by atoms with E-state index in [1.165, 1.54) is 24.8 Å². The Morgan fingerprint density at radius 2 is 1.92 bits per heavy atom. The predicted octanol–water partition coefficient (Wildman–Crippen LogP) is 4.34. The van der Waals surface area contributed by atoms with Crippen LogP contribution in [0.15, 0.2) is 23.8 Å². The van der Waals surface area contributed by atoms with E-state index >= 15 is 0 Å². The summed E-state index contributed by atoms with van der Waals surface area (Å²) in [6.45, 7) is 8.80. The van der Waals surface area contributed by atoms with Crippen LogP contribution in [0.1, 0.15) is 47.0 Å². The summed E-state index contributed by atoms with van der Waals surface area (Å²) < 4.78 is 0. The quantitative estimate of drug-likeness (QED) is 0.533.